The van der Waals surface area contributed by atoms with Crippen molar-refractivity contribution in [1.29, 1.82) is 0 Å². The fourth-order valence-electron chi connectivity index (χ4n) is 5.63. The van der Waals surface area contributed by atoms with Gasteiger partial charge in [-0.3, -0.25) is 10.1 Å². The third-order valence-corrected chi connectivity index (χ3v) is 7.75. The molecule has 0 bridgehead atoms. The van der Waals surface area contributed by atoms with E-state index < -0.39 is 5.60 Å². The molecule has 2 heterocycles. The van der Waals surface area contributed by atoms with Gasteiger partial charge in [-0.1, -0.05) is 60.7 Å². The smallest absolute Gasteiger partial charge is 0.359 e. The summed E-state index contributed by atoms with van der Waals surface area (Å²) in [5.41, 5.74) is 5.58. The van der Waals surface area contributed by atoms with Gasteiger partial charge in [0.15, 0.2) is 6.04 Å². The summed E-state index contributed by atoms with van der Waals surface area (Å²) in [5.74, 6) is 1.50. The summed E-state index contributed by atoms with van der Waals surface area (Å²) in [4.78, 5) is 30.6. The van der Waals surface area contributed by atoms with Crippen LogP contribution >= 0.6 is 0 Å². The number of aromatic nitrogens is 2. The molecule has 1 N–H and O–H groups in total. The number of fused-ring (bicyclic) bond motifs is 1. The molecule has 1 unspecified atom stereocenters. The third kappa shape index (κ3) is 8.22. The molecule has 0 radical (unpaired) electrons. The topological polar surface area (TPSA) is 81.4 Å². The summed E-state index contributed by atoms with van der Waals surface area (Å²) >= 11 is 0. The highest BCUT2D eigenvalue weighted by Crippen LogP contribution is 2.27. The number of benzene rings is 2. The summed E-state index contributed by atoms with van der Waals surface area (Å²) in [6, 6.07) is 16.0. The number of hydrogen-bond acceptors (Lipinski definition) is 6. The van der Waals surface area contributed by atoms with E-state index in [-0.39, 0.29) is 17.9 Å². The number of rotatable bonds is 12. The minimum Gasteiger partial charge on any atom is -0.493 e. The Labute approximate surface area is 261 Å². The first-order chi connectivity index (χ1) is 21.2. The van der Waals surface area contributed by atoms with Gasteiger partial charge in [0.1, 0.15) is 28.9 Å². The second kappa shape index (κ2) is 14.0. The maximum atomic E-state index is 13.7. The molecule has 44 heavy (non-hydrogen) atoms. The van der Waals surface area contributed by atoms with E-state index in [4.69, 9.17) is 14.5 Å². The fourth-order valence-corrected chi connectivity index (χ4v) is 5.63. The van der Waals surface area contributed by atoms with Crippen molar-refractivity contribution in [2.75, 3.05) is 11.9 Å². The van der Waals surface area contributed by atoms with Gasteiger partial charge in [-0.2, -0.15) is 4.57 Å². The molecule has 5 rings (SSSR count). The lowest BCUT2D eigenvalue weighted by Crippen LogP contribution is -2.44. The van der Waals surface area contributed by atoms with Crippen LogP contribution in [0, 0.1) is 6.92 Å². The number of esters is 1. The van der Waals surface area contributed by atoms with Crippen LogP contribution < -0.4 is 14.6 Å². The van der Waals surface area contributed by atoms with Gasteiger partial charge in [0, 0.05) is 19.3 Å². The monoisotopic (exact) mass is 594 g/mol. The Balaban J connectivity index is 1.21. The lowest BCUT2D eigenvalue weighted by molar-refractivity contribution is -0.553. The molecule has 230 valence electrons. The molecule has 0 saturated carbocycles. The molecule has 1 aromatic heterocycles. The van der Waals surface area contributed by atoms with Crippen LogP contribution in [0.2, 0.25) is 0 Å². The zero-order valence-electron chi connectivity index (χ0n) is 26.4. The molecule has 1 aliphatic heterocycles. The number of carbonyl (C=O) groups is 2. The normalized spacial score (nSPS) is 15.9. The predicted octanol–water partition coefficient (Wildman–Crippen LogP) is 6.96. The Bertz CT molecular complexity index is 1550. The molecule has 1 aliphatic carbocycles. The second-order valence-corrected chi connectivity index (χ2v) is 12.7. The summed E-state index contributed by atoms with van der Waals surface area (Å²) in [6.45, 7) is 8.28. The van der Waals surface area contributed by atoms with E-state index in [0.717, 1.165) is 77.3 Å². The molecule has 7 heteroatoms. The maximum Gasteiger partial charge on any atom is 0.359 e. The molecule has 2 aromatic carbocycles. The molecule has 0 fully saturated rings. The van der Waals surface area contributed by atoms with Crippen molar-refractivity contribution in [2.45, 2.75) is 90.7 Å². The number of carbonyl (C=O) groups excluding carboxylic acids is 2. The van der Waals surface area contributed by atoms with E-state index in [1.165, 1.54) is 0 Å². The lowest BCUT2D eigenvalue weighted by Gasteiger charge is -2.19. The van der Waals surface area contributed by atoms with Crippen LogP contribution in [0.1, 0.15) is 92.2 Å². The van der Waals surface area contributed by atoms with E-state index in [1.54, 1.807) is 4.57 Å². The number of nitrogens with one attached hydrogen (secondary N) is 1. The molecule has 0 amide bonds. The molecule has 0 spiro atoms. The van der Waals surface area contributed by atoms with Crippen molar-refractivity contribution in [3.63, 3.8) is 0 Å². The van der Waals surface area contributed by atoms with Crippen LogP contribution in [0.15, 0.2) is 73.0 Å². The highest BCUT2D eigenvalue weighted by atomic mass is 16.6. The van der Waals surface area contributed by atoms with Gasteiger partial charge in [0.05, 0.1) is 6.61 Å². The van der Waals surface area contributed by atoms with Crippen LogP contribution in [0.4, 0.5) is 5.82 Å². The van der Waals surface area contributed by atoms with Crippen LogP contribution in [-0.4, -0.2) is 35.1 Å². The summed E-state index contributed by atoms with van der Waals surface area (Å²) in [5, 5.41) is 3.51. The summed E-state index contributed by atoms with van der Waals surface area (Å²) < 4.78 is 13.2. The number of hydrogen-bond donors (Lipinski definition) is 1. The highest BCUT2D eigenvalue weighted by Gasteiger charge is 2.41. The SMILES string of the molecule is Cc1cc(CC2Nc3c(Cc4ccccc4)nc(C4=CCCC=C4)c[n+]3C2=O)ccc1OCCCCCC(=O)OC(C)(C)C. The standard InChI is InChI=1S/C37H43N3O4/c1-26-22-28(19-20-33(26)43-21-13-7-12-18-34(41)44-37(2,3)4)24-31-36(42)40-25-32(29-16-10-6-11-17-29)38-30(35(40)39-31)23-27-14-8-5-9-15-27/h5,8-10,14-17,19-20,22,25,31H,6-7,11-13,18,21,23-24H2,1-4H3/p+1. The number of allylic oxidation sites excluding steroid dienone is 4. The predicted molar refractivity (Wildman–Crippen MR) is 173 cm³/mol. The van der Waals surface area contributed by atoms with Gasteiger partial charge in [-0.25, -0.2) is 9.78 Å². The maximum absolute atomic E-state index is 13.7. The van der Waals surface area contributed by atoms with Gasteiger partial charge in [0.25, 0.3) is 0 Å². The Hall–Kier alpha value is -4.26. The number of aryl methyl sites for hydroxylation is 1. The number of nitrogens with zero attached hydrogens (tertiary/aromatic N) is 2. The fraction of sp³-hybridized carbons (Fsp3) is 0.405. The van der Waals surface area contributed by atoms with Crippen LogP contribution in [0.3, 0.4) is 0 Å². The molecule has 3 aromatic rings. The van der Waals surface area contributed by atoms with Crippen LogP contribution in [0.25, 0.3) is 5.57 Å². The van der Waals surface area contributed by atoms with Gasteiger partial charge in [-0.05, 0) is 88.1 Å². The Morgan fingerprint density at radius 1 is 1.05 bits per heavy atom. The Kier molecular flexibility index (Phi) is 9.93. The van der Waals surface area contributed by atoms with E-state index in [9.17, 15) is 9.59 Å². The molecular weight excluding hydrogens is 550 g/mol. The number of anilines is 1. The quantitative estimate of drug-likeness (QED) is 0.139. The van der Waals surface area contributed by atoms with Crippen molar-refractivity contribution in [2.24, 2.45) is 0 Å². The first kappa shape index (κ1) is 31.2. The molecular formula is C37H44N3O4+. The Morgan fingerprint density at radius 3 is 2.59 bits per heavy atom. The average Bonchev–Trinajstić information content (AvgIpc) is 3.31. The second-order valence-electron chi connectivity index (χ2n) is 12.7. The van der Waals surface area contributed by atoms with Crippen molar-refractivity contribution in [3.8, 4) is 5.75 Å². The van der Waals surface area contributed by atoms with Gasteiger partial charge >= 0.3 is 17.7 Å². The van der Waals surface area contributed by atoms with Crippen molar-refractivity contribution in [3.05, 3.63) is 101 Å². The van der Waals surface area contributed by atoms with E-state index in [0.29, 0.717) is 25.9 Å². The minimum atomic E-state index is -0.440. The third-order valence-electron chi connectivity index (χ3n) is 7.75. The summed E-state index contributed by atoms with van der Waals surface area (Å²) in [7, 11) is 0. The molecule has 2 aliphatic rings. The van der Waals surface area contributed by atoms with Crippen molar-refractivity contribution >= 4 is 23.3 Å². The zero-order valence-corrected chi connectivity index (χ0v) is 26.4. The van der Waals surface area contributed by atoms with Gasteiger partial charge in [-0.15, -0.1) is 0 Å². The minimum absolute atomic E-state index is 0.0303. The largest absolute Gasteiger partial charge is 0.493 e. The van der Waals surface area contributed by atoms with Gasteiger partial charge < -0.3 is 9.47 Å². The number of ether oxygens (including phenoxy) is 2. The molecule has 0 saturated heterocycles. The first-order valence-corrected chi connectivity index (χ1v) is 15.8. The number of unbranched alkanes of at least 4 members (excludes halogenated alkanes) is 2. The highest BCUT2D eigenvalue weighted by molar-refractivity contribution is 5.83. The molecule has 1 atom stereocenters. The summed E-state index contributed by atoms with van der Waals surface area (Å²) in [6.07, 6.45) is 14.6. The lowest BCUT2D eigenvalue weighted by atomic mass is 10.0. The van der Waals surface area contributed by atoms with E-state index >= 15 is 0 Å². The molecule has 7 nitrogen and oxygen atoms in total. The van der Waals surface area contributed by atoms with E-state index in [2.05, 4.69) is 41.7 Å². The van der Waals surface area contributed by atoms with Crippen LogP contribution in [0.5, 0.6) is 5.75 Å². The van der Waals surface area contributed by atoms with Crippen LogP contribution in [-0.2, 0) is 22.4 Å². The van der Waals surface area contributed by atoms with Gasteiger partial charge in [0.2, 0.25) is 0 Å². The zero-order chi connectivity index (χ0) is 31.1. The van der Waals surface area contributed by atoms with Crippen molar-refractivity contribution < 1.29 is 23.6 Å². The Morgan fingerprint density at radius 2 is 1.86 bits per heavy atom. The van der Waals surface area contributed by atoms with E-state index in [1.807, 2.05) is 64.2 Å². The van der Waals surface area contributed by atoms with Crippen molar-refractivity contribution in [1.82, 2.24) is 4.98 Å². The first-order valence-electron chi connectivity index (χ1n) is 15.8. The average molecular weight is 595 g/mol.